The zero-order valence-electron chi connectivity index (χ0n) is 13.7. The molecule has 0 radical (unpaired) electrons. The number of hydrogen-bond acceptors (Lipinski definition) is 3. The highest BCUT2D eigenvalue weighted by molar-refractivity contribution is 5.19. The van der Waals surface area contributed by atoms with Crippen LogP contribution in [0.25, 0.3) is 0 Å². The second-order valence-electron chi connectivity index (χ2n) is 6.51. The topological polar surface area (TPSA) is 36.6 Å². The van der Waals surface area contributed by atoms with Crippen LogP contribution in [0, 0.1) is 17.6 Å². The molecule has 2 heterocycles. The van der Waals surface area contributed by atoms with Crippen LogP contribution in [0.2, 0.25) is 0 Å². The van der Waals surface area contributed by atoms with Gasteiger partial charge in [-0.2, -0.15) is 0 Å². The fourth-order valence-corrected chi connectivity index (χ4v) is 3.46. The van der Waals surface area contributed by atoms with E-state index >= 15 is 0 Å². The van der Waals surface area contributed by atoms with E-state index < -0.39 is 11.6 Å². The predicted molar refractivity (Wildman–Crippen MR) is 87.3 cm³/mol. The van der Waals surface area contributed by atoms with Crippen LogP contribution in [0.3, 0.4) is 0 Å². The van der Waals surface area contributed by atoms with E-state index in [1.807, 2.05) is 6.07 Å². The summed E-state index contributed by atoms with van der Waals surface area (Å²) in [6, 6.07) is 7.73. The monoisotopic (exact) mass is 335 g/mol. The van der Waals surface area contributed by atoms with E-state index in [2.05, 4.69) is 4.90 Å². The first-order valence-electron chi connectivity index (χ1n) is 8.49. The molecule has 1 saturated heterocycles. The molecule has 0 unspecified atom stereocenters. The van der Waals surface area contributed by atoms with Gasteiger partial charge in [0.05, 0.1) is 6.54 Å². The third kappa shape index (κ3) is 4.22. The Morgan fingerprint density at radius 1 is 1.12 bits per heavy atom. The number of halogens is 2. The Morgan fingerprint density at radius 2 is 1.88 bits per heavy atom. The standard InChI is InChI=1S/C19H23F2NO2/c20-18-4-1-5-19(21)17(18)9-6-14-3-2-10-22(11-14)12-15-7-8-16(13-23)24-15/h1,4-5,7-8,14,23H,2-3,6,9-13H2/t14-/m1/s1. The van der Waals surface area contributed by atoms with Crippen LogP contribution in [-0.2, 0) is 19.6 Å². The van der Waals surface area contributed by atoms with Crippen molar-refractivity contribution in [2.24, 2.45) is 5.92 Å². The number of furan rings is 1. The molecule has 0 amide bonds. The Hall–Kier alpha value is -1.72. The number of aliphatic hydroxyl groups excluding tert-OH is 1. The lowest BCUT2D eigenvalue weighted by molar-refractivity contribution is 0.148. The SMILES string of the molecule is OCc1ccc(CN2CCC[C@H](CCc3c(F)cccc3F)C2)o1. The van der Waals surface area contributed by atoms with Gasteiger partial charge in [0, 0.05) is 12.1 Å². The summed E-state index contributed by atoms with van der Waals surface area (Å²) in [5.74, 6) is 0.961. The zero-order chi connectivity index (χ0) is 16.9. The van der Waals surface area contributed by atoms with Gasteiger partial charge in [-0.15, -0.1) is 0 Å². The van der Waals surface area contributed by atoms with Crippen LogP contribution >= 0.6 is 0 Å². The number of hydrogen-bond donors (Lipinski definition) is 1. The molecule has 0 spiro atoms. The number of rotatable bonds is 6. The zero-order valence-corrected chi connectivity index (χ0v) is 13.7. The molecule has 0 aliphatic carbocycles. The summed E-state index contributed by atoms with van der Waals surface area (Å²) in [5.41, 5.74) is 0.202. The van der Waals surface area contributed by atoms with Crippen LogP contribution in [0.1, 0.15) is 36.3 Å². The Kier molecular flexibility index (Phi) is 5.63. The molecule has 3 nitrogen and oxygen atoms in total. The second kappa shape index (κ2) is 7.90. The molecule has 0 saturated carbocycles. The van der Waals surface area contributed by atoms with E-state index in [-0.39, 0.29) is 12.2 Å². The summed E-state index contributed by atoms with van der Waals surface area (Å²) in [6.45, 7) is 2.53. The van der Waals surface area contributed by atoms with Crippen molar-refractivity contribution >= 4 is 0 Å². The molecule has 1 aromatic carbocycles. The first-order valence-corrected chi connectivity index (χ1v) is 8.49. The minimum atomic E-state index is -0.449. The van der Waals surface area contributed by atoms with E-state index in [4.69, 9.17) is 9.52 Å². The van der Waals surface area contributed by atoms with E-state index in [1.165, 1.54) is 18.2 Å². The van der Waals surface area contributed by atoms with Gasteiger partial charge in [-0.05, 0) is 62.4 Å². The van der Waals surface area contributed by atoms with E-state index in [1.54, 1.807) is 6.07 Å². The molecule has 2 aromatic rings. The van der Waals surface area contributed by atoms with Crippen molar-refractivity contribution < 1.29 is 18.3 Å². The van der Waals surface area contributed by atoms with Crippen LogP contribution in [-0.4, -0.2) is 23.1 Å². The minimum absolute atomic E-state index is 0.0865. The lowest BCUT2D eigenvalue weighted by Gasteiger charge is -2.32. The summed E-state index contributed by atoms with van der Waals surface area (Å²) in [5, 5.41) is 9.05. The molecular weight excluding hydrogens is 312 g/mol. The lowest BCUT2D eigenvalue weighted by Crippen LogP contribution is -2.35. The van der Waals surface area contributed by atoms with Crippen molar-refractivity contribution in [1.82, 2.24) is 4.90 Å². The molecule has 1 aliphatic rings. The third-order valence-electron chi connectivity index (χ3n) is 4.72. The molecule has 1 fully saturated rings. The highest BCUT2D eigenvalue weighted by Crippen LogP contribution is 2.25. The smallest absolute Gasteiger partial charge is 0.129 e. The van der Waals surface area contributed by atoms with E-state index in [0.717, 1.165) is 38.1 Å². The average molecular weight is 335 g/mol. The Labute approximate surface area is 140 Å². The summed E-state index contributed by atoms with van der Waals surface area (Å²) >= 11 is 0. The molecule has 5 heteroatoms. The first kappa shape index (κ1) is 17.1. The highest BCUT2D eigenvalue weighted by atomic mass is 19.1. The molecule has 130 valence electrons. The number of benzene rings is 1. The van der Waals surface area contributed by atoms with Crippen molar-refractivity contribution in [1.29, 1.82) is 0 Å². The average Bonchev–Trinajstić information content (AvgIpc) is 3.02. The van der Waals surface area contributed by atoms with Crippen molar-refractivity contribution in [3.05, 3.63) is 59.1 Å². The molecule has 1 aliphatic heterocycles. The Balaban J connectivity index is 1.53. The fourth-order valence-electron chi connectivity index (χ4n) is 3.46. The molecule has 3 rings (SSSR count). The van der Waals surface area contributed by atoms with E-state index in [9.17, 15) is 8.78 Å². The van der Waals surface area contributed by atoms with Gasteiger partial charge in [0.25, 0.3) is 0 Å². The summed E-state index contributed by atoms with van der Waals surface area (Å²) in [4.78, 5) is 2.31. The molecular formula is C19H23F2NO2. The Bertz CT molecular complexity index is 651. The van der Waals surface area contributed by atoms with Crippen LogP contribution in [0.15, 0.2) is 34.7 Å². The number of piperidine rings is 1. The molecule has 1 aromatic heterocycles. The fraction of sp³-hybridized carbons (Fsp3) is 0.474. The van der Waals surface area contributed by atoms with Gasteiger partial charge >= 0.3 is 0 Å². The maximum atomic E-state index is 13.7. The van der Waals surface area contributed by atoms with Gasteiger partial charge in [0.1, 0.15) is 29.8 Å². The van der Waals surface area contributed by atoms with Crippen LogP contribution in [0.5, 0.6) is 0 Å². The molecule has 24 heavy (non-hydrogen) atoms. The largest absolute Gasteiger partial charge is 0.462 e. The van der Waals surface area contributed by atoms with Crippen molar-refractivity contribution in [2.75, 3.05) is 13.1 Å². The predicted octanol–water partition coefficient (Wildman–Crippen LogP) is 3.89. The van der Waals surface area contributed by atoms with Crippen LogP contribution in [0.4, 0.5) is 8.78 Å². The van der Waals surface area contributed by atoms with E-state index in [0.29, 0.717) is 24.6 Å². The minimum Gasteiger partial charge on any atom is -0.462 e. The summed E-state index contributed by atoms with van der Waals surface area (Å²) in [6.07, 6.45) is 3.39. The number of nitrogens with zero attached hydrogens (tertiary/aromatic N) is 1. The van der Waals surface area contributed by atoms with Crippen molar-refractivity contribution in [3.63, 3.8) is 0 Å². The van der Waals surface area contributed by atoms with Gasteiger partial charge < -0.3 is 9.52 Å². The normalized spacial score (nSPS) is 18.9. The second-order valence-corrected chi connectivity index (χ2v) is 6.51. The van der Waals surface area contributed by atoms with Crippen molar-refractivity contribution in [2.45, 2.75) is 38.8 Å². The number of likely N-dealkylation sites (tertiary alicyclic amines) is 1. The Morgan fingerprint density at radius 3 is 2.58 bits per heavy atom. The van der Waals surface area contributed by atoms with Gasteiger partial charge in [-0.1, -0.05) is 6.07 Å². The first-order chi connectivity index (χ1) is 11.7. The maximum Gasteiger partial charge on any atom is 0.129 e. The molecule has 1 atom stereocenters. The van der Waals surface area contributed by atoms with Gasteiger partial charge in [-0.25, -0.2) is 8.78 Å². The van der Waals surface area contributed by atoms with Crippen LogP contribution < -0.4 is 0 Å². The highest BCUT2D eigenvalue weighted by Gasteiger charge is 2.21. The molecule has 1 N–H and O–H groups in total. The molecule has 0 bridgehead atoms. The van der Waals surface area contributed by atoms with Gasteiger partial charge in [0.15, 0.2) is 0 Å². The summed E-state index contributed by atoms with van der Waals surface area (Å²) in [7, 11) is 0. The van der Waals surface area contributed by atoms with Gasteiger partial charge in [-0.3, -0.25) is 4.90 Å². The summed E-state index contributed by atoms with van der Waals surface area (Å²) < 4.78 is 33.0. The van der Waals surface area contributed by atoms with Crippen molar-refractivity contribution in [3.8, 4) is 0 Å². The van der Waals surface area contributed by atoms with Gasteiger partial charge in [0.2, 0.25) is 0 Å². The number of aliphatic hydroxyl groups is 1. The quantitative estimate of drug-likeness (QED) is 0.870. The maximum absolute atomic E-state index is 13.7. The third-order valence-corrected chi connectivity index (χ3v) is 4.72. The lowest BCUT2D eigenvalue weighted by atomic mass is 9.91.